The van der Waals surface area contributed by atoms with E-state index in [4.69, 9.17) is 14.2 Å². The predicted octanol–water partition coefficient (Wildman–Crippen LogP) is 3.40. The van der Waals surface area contributed by atoms with E-state index < -0.39 is 11.9 Å². The Bertz CT molecular complexity index is 686. The molecule has 5 heteroatoms. The summed E-state index contributed by atoms with van der Waals surface area (Å²) in [5.74, 6) is 0.500. The van der Waals surface area contributed by atoms with Crippen LogP contribution < -0.4 is 14.2 Å². The second-order valence-corrected chi connectivity index (χ2v) is 4.58. The first kappa shape index (κ1) is 16.3. The zero-order valence-corrected chi connectivity index (χ0v) is 12.7. The highest BCUT2D eigenvalue weighted by atomic mass is 16.5. The van der Waals surface area contributed by atoms with Gasteiger partial charge in [0, 0.05) is 6.92 Å². The monoisotopic (exact) mass is 312 g/mol. The van der Waals surface area contributed by atoms with E-state index in [0.717, 1.165) is 0 Å². The molecule has 5 nitrogen and oxygen atoms in total. The molecule has 2 rings (SSSR count). The van der Waals surface area contributed by atoms with Crippen molar-refractivity contribution in [3.8, 4) is 17.2 Å². The lowest BCUT2D eigenvalue weighted by Crippen LogP contribution is -2.08. The number of carbonyl (C=O) groups excluding carboxylic acids is 2. The number of ether oxygens (including phenoxy) is 3. The summed E-state index contributed by atoms with van der Waals surface area (Å²) in [5.41, 5.74) is 0.403. The molecule has 0 aliphatic rings. The first-order valence-electron chi connectivity index (χ1n) is 6.93. The van der Waals surface area contributed by atoms with Crippen molar-refractivity contribution in [3.63, 3.8) is 0 Å². The van der Waals surface area contributed by atoms with E-state index in [0.29, 0.717) is 29.4 Å². The van der Waals surface area contributed by atoms with Gasteiger partial charge in [0.2, 0.25) is 0 Å². The number of hydrogen-bond donors (Lipinski definition) is 0. The van der Waals surface area contributed by atoms with Gasteiger partial charge in [0.1, 0.15) is 23.9 Å². The van der Waals surface area contributed by atoms with E-state index in [1.54, 1.807) is 54.6 Å². The van der Waals surface area contributed by atoms with Gasteiger partial charge in [-0.15, -0.1) is 0 Å². The molecule has 0 saturated carbocycles. The van der Waals surface area contributed by atoms with Crippen LogP contribution in [0.1, 0.15) is 17.3 Å². The summed E-state index contributed by atoms with van der Waals surface area (Å²) in [6, 6.07) is 12.8. The molecule has 0 spiro atoms. The van der Waals surface area contributed by atoms with Crippen molar-refractivity contribution in [2.75, 3.05) is 6.61 Å². The second-order valence-electron chi connectivity index (χ2n) is 4.58. The number of esters is 2. The molecule has 0 N–H and O–H groups in total. The molecule has 2 aromatic carbocycles. The molecule has 118 valence electrons. The van der Waals surface area contributed by atoms with Crippen LogP contribution in [0.4, 0.5) is 0 Å². The Morgan fingerprint density at radius 2 is 1.43 bits per heavy atom. The second kappa shape index (κ2) is 7.79. The molecule has 0 bridgehead atoms. The molecular weight excluding hydrogens is 296 g/mol. The Kier molecular flexibility index (Phi) is 5.52. The number of hydrogen-bond acceptors (Lipinski definition) is 5. The first-order chi connectivity index (χ1) is 11.1. The zero-order chi connectivity index (χ0) is 16.7. The summed E-state index contributed by atoms with van der Waals surface area (Å²) >= 11 is 0. The van der Waals surface area contributed by atoms with Crippen LogP contribution in [0.15, 0.2) is 61.2 Å². The fraction of sp³-hybridized carbons (Fsp3) is 0.111. The zero-order valence-electron chi connectivity index (χ0n) is 12.7. The smallest absolute Gasteiger partial charge is 0.343 e. The molecule has 0 aliphatic carbocycles. The maximum absolute atomic E-state index is 12.0. The number of benzene rings is 2. The van der Waals surface area contributed by atoms with Gasteiger partial charge in [-0.2, -0.15) is 0 Å². The predicted molar refractivity (Wildman–Crippen MR) is 84.8 cm³/mol. The fourth-order valence-corrected chi connectivity index (χ4v) is 1.75. The van der Waals surface area contributed by atoms with Crippen LogP contribution in [0.25, 0.3) is 0 Å². The topological polar surface area (TPSA) is 61.8 Å². The molecule has 0 radical (unpaired) electrons. The summed E-state index contributed by atoms with van der Waals surface area (Å²) < 4.78 is 15.5. The average molecular weight is 312 g/mol. The van der Waals surface area contributed by atoms with E-state index >= 15 is 0 Å². The van der Waals surface area contributed by atoms with Crippen molar-refractivity contribution >= 4 is 11.9 Å². The molecule has 0 aromatic heterocycles. The lowest BCUT2D eigenvalue weighted by atomic mass is 10.2. The Morgan fingerprint density at radius 3 is 1.96 bits per heavy atom. The Balaban J connectivity index is 1.98. The maximum atomic E-state index is 12.0. The summed E-state index contributed by atoms with van der Waals surface area (Å²) in [6.45, 7) is 5.28. The minimum atomic E-state index is -0.486. The van der Waals surface area contributed by atoms with Crippen LogP contribution in [-0.4, -0.2) is 18.5 Å². The van der Waals surface area contributed by atoms with E-state index in [9.17, 15) is 9.59 Å². The quantitative estimate of drug-likeness (QED) is 0.465. The summed E-state index contributed by atoms with van der Waals surface area (Å²) in [4.78, 5) is 22.9. The van der Waals surface area contributed by atoms with Crippen LogP contribution >= 0.6 is 0 Å². The van der Waals surface area contributed by atoms with Crippen LogP contribution in [-0.2, 0) is 4.79 Å². The molecule has 2 aromatic rings. The maximum Gasteiger partial charge on any atom is 0.343 e. The van der Waals surface area contributed by atoms with Crippen LogP contribution in [0.5, 0.6) is 17.2 Å². The van der Waals surface area contributed by atoms with E-state index in [1.807, 2.05) is 0 Å². The highest BCUT2D eigenvalue weighted by Crippen LogP contribution is 2.19. The van der Waals surface area contributed by atoms with Crippen molar-refractivity contribution in [2.24, 2.45) is 0 Å². The fourth-order valence-electron chi connectivity index (χ4n) is 1.75. The van der Waals surface area contributed by atoms with Gasteiger partial charge in [0.25, 0.3) is 0 Å². The van der Waals surface area contributed by atoms with E-state index in [1.165, 1.54) is 6.92 Å². The van der Waals surface area contributed by atoms with E-state index in [2.05, 4.69) is 6.58 Å². The van der Waals surface area contributed by atoms with Crippen LogP contribution in [0.2, 0.25) is 0 Å². The molecule has 0 aliphatic heterocycles. The van der Waals surface area contributed by atoms with Gasteiger partial charge >= 0.3 is 11.9 Å². The Hall–Kier alpha value is -3.08. The molecule has 0 heterocycles. The summed E-state index contributed by atoms with van der Waals surface area (Å²) in [7, 11) is 0. The van der Waals surface area contributed by atoms with Gasteiger partial charge in [-0.05, 0) is 48.5 Å². The highest BCUT2D eigenvalue weighted by molar-refractivity contribution is 5.91. The van der Waals surface area contributed by atoms with Gasteiger partial charge in [0.15, 0.2) is 0 Å². The van der Waals surface area contributed by atoms with Crippen molar-refractivity contribution in [3.05, 3.63) is 66.7 Å². The van der Waals surface area contributed by atoms with Crippen LogP contribution in [0, 0.1) is 0 Å². The molecule has 0 atom stereocenters. The molecule has 0 unspecified atom stereocenters. The van der Waals surface area contributed by atoms with Gasteiger partial charge < -0.3 is 14.2 Å². The molecule has 0 amide bonds. The number of rotatable bonds is 6. The van der Waals surface area contributed by atoms with Gasteiger partial charge in [-0.3, -0.25) is 4.79 Å². The lowest BCUT2D eigenvalue weighted by molar-refractivity contribution is -0.131. The lowest BCUT2D eigenvalue weighted by Gasteiger charge is -2.07. The molecule has 0 fully saturated rings. The molecule has 23 heavy (non-hydrogen) atoms. The van der Waals surface area contributed by atoms with Crippen molar-refractivity contribution in [1.29, 1.82) is 0 Å². The van der Waals surface area contributed by atoms with Crippen molar-refractivity contribution in [1.82, 2.24) is 0 Å². The largest absolute Gasteiger partial charge is 0.490 e. The third-order valence-corrected chi connectivity index (χ3v) is 2.75. The third-order valence-electron chi connectivity index (χ3n) is 2.75. The molecule has 0 saturated heterocycles. The standard InChI is InChI=1S/C18H16O5/c1-3-12-21-15-6-4-14(5-7-15)18(20)23-17-10-8-16(9-11-17)22-13(2)19/h3-11H,1,12H2,2H3. The third kappa shape index (κ3) is 5.00. The number of carbonyl (C=O) groups is 2. The SMILES string of the molecule is C=CCOc1ccc(C(=O)Oc2ccc(OC(C)=O)cc2)cc1. The molecular formula is C18H16O5. The minimum absolute atomic E-state index is 0.359. The van der Waals surface area contributed by atoms with Gasteiger partial charge in [-0.1, -0.05) is 12.7 Å². The summed E-state index contributed by atoms with van der Waals surface area (Å²) in [6.07, 6.45) is 1.64. The van der Waals surface area contributed by atoms with Crippen molar-refractivity contribution < 1.29 is 23.8 Å². The van der Waals surface area contributed by atoms with Crippen molar-refractivity contribution in [2.45, 2.75) is 6.92 Å². The average Bonchev–Trinajstić information content (AvgIpc) is 2.54. The Labute approximate surface area is 134 Å². The highest BCUT2D eigenvalue weighted by Gasteiger charge is 2.09. The van der Waals surface area contributed by atoms with Crippen LogP contribution in [0.3, 0.4) is 0 Å². The van der Waals surface area contributed by atoms with Gasteiger partial charge in [-0.25, -0.2) is 4.79 Å². The van der Waals surface area contributed by atoms with Gasteiger partial charge in [0.05, 0.1) is 5.56 Å². The van der Waals surface area contributed by atoms with E-state index in [-0.39, 0.29) is 0 Å². The first-order valence-corrected chi connectivity index (χ1v) is 6.93. The Morgan fingerprint density at radius 1 is 0.913 bits per heavy atom. The summed E-state index contributed by atoms with van der Waals surface area (Å²) in [5, 5.41) is 0. The normalized spacial score (nSPS) is 9.78. The minimum Gasteiger partial charge on any atom is -0.490 e.